The number of ether oxygens (including phenoxy) is 1. The van der Waals surface area contributed by atoms with Gasteiger partial charge in [0.2, 0.25) is 11.8 Å². The third kappa shape index (κ3) is 6.61. The summed E-state index contributed by atoms with van der Waals surface area (Å²) in [5, 5.41) is 0. The lowest BCUT2D eigenvalue weighted by molar-refractivity contribution is -0.144. The summed E-state index contributed by atoms with van der Waals surface area (Å²) in [5.74, 6) is 0.673. The van der Waals surface area contributed by atoms with Crippen LogP contribution in [0.3, 0.4) is 0 Å². The fourth-order valence-electron chi connectivity index (χ4n) is 6.27. The lowest BCUT2D eigenvalue weighted by atomic mass is 9.95. The normalized spacial score (nSPS) is 18.5. The van der Waals surface area contributed by atoms with Crippen molar-refractivity contribution in [3.63, 3.8) is 0 Å². The van der Waals surface area contributed by atoms with E-state index in [1.807, 2.05) is 28.0 Å². The van der Waals surface area contributed by atoms with E-state index in [0.717, 1.165) is 37.8 Å². The fourth-order valence-corrected chi connectivity index (χ4v) is 6.27. The van der Waals surface area contributed by atoms with Crippen LogP contribution in [0.5, 0.6) is 5.75 Å². The molecule has 1 unspecified atom stereocenters. The first-order valence-electron chi connectivity index (χ1n) is 15.4. The van der Waals surface area contributed by atoms with E-state index in [9.17, 15) is 19.2 Å². The zero-order chi connectivity index (χ0) is 29.6. The van der Waals surface area contributed by atoms with Gasteiger partial charge in [-0.05, 0) is 68.0 Å². The Morgan fingerprint density at radius 1 is 0.857 bits per heavy atom. The number of likely N-dealkylation sites (tertiary alicyclic amines) is 1. The molecule has 2 saturated heterocycles. The Labute approximate surface area is 248 Å². The van der Waals surface area contributed by atoms with Crippen LogP contribution in [0.1, 0.15) is 68.3 Å². The molecule has 2 aromatic rings. The van der Waals surface area contributed by atoms with Crippen LogP contribution in [-0.2, 0) is 20.8 Å². The maximum atomic E-state index is 13.3. The molecule has 9 heteroatoms. The molecule has 1 atom stereocenters. The number of piperazine rings is 1. The topological polar surface area (TPSA) is 90.5 Å². The summed E-state index contributed by atoms with van der Waals surface area (Å²) in [6.07, 6.45) is 4.64. The van der Waals surface area contributed by atoms with Crippen LogP contribution in [-0.4, -0.2) is 89.7 Å². The van der Waals surface area contributed by atoms with Crippen molar-refractivity contribution < 1.29 is 23.9 Å². The van der Waals surface area contributed by atoms with Crippen LogP contribution in [0, 0.1) is 0 Å². The number of benzene rings is 2. The second-order valence-electron chi connectivity index (χ2n) is 11.5. The average molecular weight is 575 g/mol. The van der Waals surface area contributed by atoms with E-state index in [4.69, 9.17) is 4.74 Å². The van der Waals surface area contributed by atoms with Crippen molar-refractivity contribution in [3.8, 4) is 5.75 Å². The summed E-state index contributed by atoms with van der Waals surface area (Å²) < 4.78 is 6.17. The molecule has 0 radical (unpaired) electrons. The molecular weight excluding hydrogens is 532 g/mol. The maximum Gasteiger partial charge on any atom is 0.263 e. The number of para-hydroxylation sites is 1. The van der Waals surface area contributed by atoms with Crippen LogP contribution < -0.4 is 9.64 Å². The quantitative estimate of drug-likeness (QED) is 0.477. The number of aryl methyl sites for hydroxylation is 1. The highest BCUT2D eigenvalue weighted by Gasteiger charge is 2.34. The molecule has 0 spiro atoms. The Morgan fingerprint density at radius 3 is 2.19 bits per heavy atom. The van der Waals surface area contributed by atoms with Crippen molar-refractivity contribution in [2.45, 2.75) is 70.9 Å². The Kier molecular flexibility index (Phi) is 9.45. The first-order chi connectivity index (χ1) is 20.4. The number of nitrogens with zero attached hydrogens (tertiary/aromatic N) is 4. The predicted molar refractivity (Wildman–Crippen MR) is 160 cm³/mol. The van der Waals surface area contributed by atoms with E-state index < -0.39 is 6.10 Å². The van der Waals surface area contributed by atoms with Crippen LogP contribution in [0.15, 0.2) is 48.5 Å². The SMILES string of the molecule is CCCCC(Oc1ccc(C(=O)N2CCC(N3C(=O)CCc4ccccc43)CC2)cc1)C(=O)N1CCN(C(C)=O)CC1. The third-order valence-corrected chi connectivity index (χ3v) is 8.76. The lowest BCUT2D eigenvalue weighted by Crippen LogP contribution is -2.53. The second kappa shape index (κ2) is 13.4. The molecule has 0 aliphatic carbocycles. The van der Waals surface area contributed by atoms with Gasteiger partial charge in [-0.15, -0.1) is 0 Å². The number of carbonyl (C=O) groups is 4. The molecule has 0 bridgehead atoms. The molecule has 42 heavy (non-hydrogen) atoms. The van der Waals surface area contributed by atoms with Gasteiger partial charge in [0.15, 0.2) is 6.10 Å². The largest absolute Gasteiger partial charge is 0.481 e. The number of unbranched alkanes of at least 4 members (excludes halogenated alkanes) is 1. The van der Waals surface area contributed by atoms with Gasteiger partial charge in [0.1, 0.15) is 5.75 Å². The van der Waals surface area contributed by atoms with Crippen LogP contribution in [0.2, 0.25) is 0 Å². The van der Waals surface area contributed by atoms with Crippen molar-refractivity contribution in [1.82, 2.24) is 14.7 Å². The molecule has 9 nitrogen and oxygen atoms in total. The van der Waals surface area contributed by atoms with Crippen LogP contribution in [0.25, 0.3) is 0 Å². The molecule has 2 fully saturated rings. The number of fused-ring (bicyclic) bond motifs is 1. The summed E-state index contributed by atoms with van der Waals surface area (Å²) >= 11 is 0. The predicted octanol–water partition coefficient (Wildman–Crippen LogP) is 3.90. The minimum absolute atomic E-state index is 0.0303. The number of rotatable bonds is 8. The van der Waals surface area contributed by atoms with Crippen molar-refractivity contribution in [2.75, 3.05) is 44.2 Å². The van der Waals surface area contributed by atoms with Crippen LogP contribution in [0.4, 0.5) is 5.69 Å². The zero-order valence-electron chi connectivity index (χ0n) is 24.8. The monoisotopic (exact) mass is 574 g/mol. The molecule has 5 rings (SSSR count). The zero-order valence-corrected chi connectivity index (χ0v) is 24.8. The Morgan fingerprint density at radius 2 is 1.52 bits per heavy atom. The summed E-state index contributed by atoms with van der Waals surface area (Å²) in [4.78, 5) is 58.5. The first kappa shape index (κ1) is 29.6. The van der Waals surface area contributed by atoms with Gasteiger partial charge in [0.05, 0.1) is 0 Å². The van der Waals surface area contributed by atoms with Crippen molar-refractivity contribution in [2.24, 2.45) is 0 Å². The molecule has 4 amide bonds. The second-order valence-corrected chi connectivity index (χ2v) is 11.5. The van der Waals surface area contributed by atoms with Gasteiger partial charge >= 0.3 is 0 Å². The highest BCUT2D eigenvalue weighted by Crippen LogP contribution is 2.32. The maximum absolute atomic E-state index is 13.3. The number of amides is 4. The Bertz CT molecular complexity index is 1280. The molecular formula is C33H42N4O5. The highest BCUT2D eigenvalue weighted by molar-refractivity contribution is 5.97. The van der Waals surface area contributed by atoms with Gasteiger partial charge in [0.25, 0.3) is 11.8 Å². The number of anilines is 1. The summed E-state index contributed by atoms with van der Waals surface area (Å²) in [5.41, 5.74) is 2.81. The number of hydrogen-bond donors (Lipinski definition) is 0. The summed E-state index contributed by atoms with van der Waals surface area (Å²) in [6, 6.07) is 15.3. The molecule has 0 aromatic heterocycles. The lowest BCUT2D eigenvalue weighted by Gasteiger charge is -2.41. The smallest absolute Gasteiger partial charge is 0.263 e. The average Bonchev–Trinajstić information content (AvgIpc) is 3.03. The standard InChI is InChI=1S/C33H42N4O5/c1-3-4-9-30(33(41)36-22-20-34(21-23-36)24(2)38)42-28-13-10-26(11-14-28)32(40)35-18-16-27(17-19-35)37-29-8-6-5-7-25(29)12-15-31(37)39/h5-8,10-11,13-14,27,30H,3-4,9,12,15-23H2,1-2H3. The molecule has 0 N–H and O–H groups in total. The van der Waals surface area contributed by atoms with Crippen LogP contribution >= 0.6 is 0 Å². The molecule has 2 aromatic carbocycles. The first-order valence-corrected chi connectivity index (χ1v) is 15.4. The molecule has 224 valence electrons. The van der Waals surface area contributed by atoms with Gasteiger partial charge in [-0.3, -0.25) is 19.2 Å². The minimum atomic E-state index is -0.600. The fraction of sp³-hybridized carbons (Fsp3) is 0.515. The van der Waals surface area contributed by atoms with Gasteiger partial charge in [-0.25, -0.2) is 0 Å². The van der Waals surface area contributed by atoms with E-state index in [1.165, 1.54) is 5.56 Å². The molecule has 3 aliphatic heterocycles. The minimum Gasteiger partial charge on any atom is -0.481 e. The van der Waals surface area contributed by atoms with E-state index in [0.29, 0.717) is 63.4 Å². The summed E-state index contributed by atoms with van der Waals surface area (Å²) in [7, 11) is 0. The van der Waals surface area contributed by atoms with E-state index in [2.05, 4.69) is 13.0 Å². The highest BCUT2D eigenvalue weighted by atomic mass is 16.5. The Balaban J connectivity index is 1.17. The van der Waals surface area contributed by atoms with Gasteiger partial charge in [-0.1, -0.05) is 31.5 Å². The third-order valence-electron chi connectivity index (χ3n) is 8.76. The van der Waals surface area contributed by atoms with Crippen molar-refractivity contribution in [1.29, 1.82) is 0 Å². The number of piperidine rings is 1. The number of hydrogen-bond acceptors (Lipinski definition) is 5. The van der Waals surface area contributed by atoms with E-state index in [1.54, 1.807) is 41.0 Å². The molecule has 3 heterocycles. The Hall–Kier alpha value is -3.88. The van der Waals surface area contributed by atoms with Gasteiger partial charge in [0, 0.05) is 69.9 Å². The van der Waals surface area contributed by atoms with Gasteiger partial charge < -0.3 is 24.3 Å². The summed E-state index contributed by atoms with van der Waals surface area (Å²) in [6.45, 7) is 6.92. The number of carbonyl (C=O) groups excluding carboxylic acids is 4. The van der Waals surface area contributed by atoms with E-state index >= 15 is 0 Å². The van der Waals surface area contributed by atoms with Crippen molar-refractivity contribution in [3.05, 3.63) is 59.7 Å². The molecule has 0 saturated carbocycles. The van der Waals surface area contributed by atoms with Crippen molar-refractivity contribution >= 4 is 29.3 Å². The van der Waals surface area contributed by atoms with E-state index in [-0.39, 0.29) is 29.7 Å². The van der Waals surface area contributed by atoms with Gasteiger partial charge in [-0.2, -0.15) is 0 Å². The molecule has 3 aliphatic rings.